The third kappa shape index (κ3) is 17.0. The van der Waals surface area contributed by atoms with Crippen LogP contribution in [0.3, 0.4) is 0 Å². The molecule has 0 heterocycles. The van der Waals surface area contributed by atoms with Crippen LogP contribution in [0.2, 0.25) is 0 Å². The molecule has 0 rings (SSSR count). The number of hydrogen-bond acceptors (Lipinski definition) is 2. The van der Waals surface area contributed by atoms with Crippen molar-refractivity contribution in [3.05, 3.63) is 0 Å². The first-order valence-electron chi connectivity index (χ1n) is 0.311. The Morgan fingerprint density at radius 3 is 1.25 bits per heavy atom. The van der Waals surface area contributed by atoms with Gasteiger partial charge < -0.3 is 0 Å². The normalized spacial score (nSPS) is 2.25. The summed E-state index contributed by atoms with van der Waals surface area (Å²) in [6.07, 6.45) is 0. The van der Waals surface area contributed by atoms with Gasteiger partial charge in [-0.05, 0) is 0 Å². The van der Waals surface area contributed by atoms with Crippen LogP contribution in [0, 0.1) is 0 Å². The van der Waals surface area contributed by atoms with Crippen LogP contribution in [0.25, 0.3) is 0 Å². The first-order chi connectivity index (χ1) is 2.00. The van der Waals surface area contributed by atoms with Crippen molar-refractivity contribution in [1.82, 2.24) is 0 Å². The van der Waals surface area contributed by atoms with Gasteiger partial charge in [-0.1, -0.05) is 0 Å². The average molecular weight is 140 g/mol. The fourth-order valence-electron chi connectivity index (χ4n) is 0. The summed E-state index contributed by atoms with van der Waals surface area (Å²) in [5, 5.41) is 0. The zero-order valence-corrected chi connectivity index (χ0v) is 3.96. The topological polar surface area (TPSA) is 34.1 Å². The Balaban J connectivity index is 0. The van der Waals surface area contributed by atoms with Gasteiger partial charge in [0.05, 0.1) is 0 Å². The van der Waals surface area contributed by atoms with Crippen molar-refractivity contribution in [3.63, 3.8) is 0 Å². The molecule has 0 saturated carbocycles. The molecule has 0 fully saturated rings. The van der Waals surface area contributed by atoms with Gasteiger partial charge in [0.1, 0.15) is 0 Å². The van der Waals surface area contributed by atoms with Crippen molar-refractivity contribution in [2.24, 2.45) is 0 Å². The maximum atomic E-state index is 8.12. The summed E-state index contributed by atoms with van der Waals surface area (Å²) in [5.74, 6) is 0. The summed E-state index contributed by atoms with van der Waals surface area (Å²) < 4.78 is 16.1. The molecular formula is CrFeO2. The number of rotatable bonds is 0. The molecule has 0 aromatic carbocycles. The summed E-state index contributed by atoms with van der Waals surface area (Å²) in [6.45, 7) is 0. The van der Waals surface area contributed by atoms with Gasteiger partial charge in [0.2, 0.25) is 0 Å². The Labute approximate surface area is 40.2 Å². The van der Waals surface area contributed by atoms with Crippen molar-refractivity contribution >= 4 is 0 Å². The van der Waals surface area contributed by atoms with Gasteiger partial charge in [-0.25, -0.2) is 0 Å². The molecule has 4 heavy (non-hydrogen) atoms. The van der Waals surface area contributed by atoms with Gasteiger partial charge >= 0.3 is 39.8 Å². The molecular weight excluding hydrogens is 140 g/mol. The fourth-order valence-corrected chi connectivity index (χ4v) is 0. The maximum absolute atomic E-state index is 8.12. The Hall–Kier alpha value is 0.652. The van der Waals surface area contributed by atoms with Crippen LogP contribution in [-0.2, 0) is 39.8 Å². The van der Waals surface area contributed by atoms with E-state index in [1.807, 2.05) is 15.9 Å². The quantitative estimate of drug-likeness (QED) is 0.435. The minimum absolute atomic E-state index is 1.38. The van der Waals surface area contributed by atoms with Crippen LogP contribution in [0.15, 0.2) is 0 Å². The van der Waals surface area contributed by atoms with E-state index in [4.69, 9.17) is 7.64 Å². The van der Waals surface area contributed by atoms with E-state index in [1.165, 1.54) is 16.2 Å². The van der Waals surface area contributed by atoms with E-state index in [9.17, 15) is 0 Å². The molecule has 0 spiro atoms. The SMILES string of the molecule is [O]=[Cr].[O]=[Fe]. The Kier molecular flexibility index (Phi) is 133. The van der Waals surface area contributed by atoms with E-state index in [0.717, 1.165) is 0 Å². The molecule has 0 atom stereocenters. The second-order valence-corrected chi connectivity index (χ2v) is 0. The molecule has 0 saturated heterocycles. The zero-order valence-electron chi connectivity index (χ0n) is 1.58. The monoisotopic (exact) mass is 140 g/mol. The van der Waals surface area contributed by atoms with E-state index in [1.54, 1.807) is 0 Å². The van der Waals surface area contributed by atoms with E-state index >= 15 is 0 Å². The summed E-state index contributed by atoms with van der Waals surface area (Å²) in [6, 6.07) is 0. The Bertz CT molecular complexity index is 8.00. The van der Waals surface area contributed by atoms with Crippen molar-refractivity contribution in [1.29, 1.82) is 0 Å². The molecule has 0 aliphatic rings. The molecule has 0 radical (unpaired) electrons. The first-order valence-corrected chi connectivity index (χ1v) is 1.28. The van der Waals surface area contributed by atoms with Gasteiger partial charge in [0.15, 0.2) is 0 Å². The van der Waals surface area contributed by atoms with Gasteiger partial charge in [0.25, 0.3) is 0 Å². The predicted octanol–water partition coefficient (Wildman–Crippen LogP) is -0.243. The molecule has 0 aliphatic carbocycles. The Morgan fingerprint density at radius 1 is 1.25 bits per heavy atom. The molecule has 0 aromatic heterocycles. The van der Waals surface area contributed by atoms with Crippen LogP contribution in [-0.4, -0.2) is 0 Å². The summed E-state index contributed by atoms with van der Waals surface area (Å²) in [7, 11) is 0. The van der Waals surface area contributed by atoms with Gasteiger partial charge in [-0.2, -0.15) is 0 Å². The van der Waals surface area contributed by atoms with Crippen molar-refractivity contribution < 1.29 is 39.8 Å². The summed E-state index contributed by atoms with van der Waals surface area (Å²) >= 11 is 3.38. The molecule has 0 N–H and O–H groups in total. The summed E-state index contributed by atoms with van der Waals surface area (Å²) in [4.78, 5) is 0. The molecule has 0 unspecified atom stereocenters. The third-order valence-corrected chi connectivity index (χ3v) is 0. The zero-order chi connectivity index (χ0) is 4.00. The van der Waals surface area contributed by atoms with Gasteiger partial charge in [-0.15, -0.1) is 0 Å². The van der Waals surface area contributed by atoms with Crippen LogP contribution < -0.4 is 0 Å². The van der Waals surface area contributed by atoms with E-state index < -0.39 is 0 Å². The van der Waals surface area contributed by atoms with Crippen LogP contribution in [0.1, 0.15) is 0 Å². The second kappa shape index (κ2) is 60.4. The molecule has 0 aliphatic heterocycles. The van der Waals surface area contributed by atoms with E-state index in [-0.39, 0.29) is 0 Å². The van der Waals surface area contributed by atoms with Crippen molar-refractivity contribution in [2.75, 3.05) is 0 Å². The van der Waals surface area contributed by atoms with Gasteiger partial charge in [-0.3, -0.25) is 0 Å². The first kappa shape index (κ1) is 8.82. The molecule has 26 valence electrons. The molecule has 2 nitrogen and oxygen atoms in total. The van der Waals surface area contributed by atoms with E-state index in [0.29, 0.717) is 0 Å². The van der Waals surface area contributed by atoms with E-state index in [2.05, 4.69) is 0 Å². The predicted molar refractivity (Wildman–Crippen MR) is 1.37 cm³/mol. The Morgan fingerprint density at radius 2 is 1.25 bits per heavy atom. The van der Waals surface area contributed by atoms with Gasteiger partial charge in [0, 0.05) is 0 Å². The third-order valence-electron chi connectivity index (χ3n) is 0. The van der Waals surface area contributed by atoms with Crippen LogP contribution in [0.5, 0.6) is 0 Å². The minimum atomic E-state index is 1.38. The van der Waals surface area contributed by atoms with Crippen molar-refractivity contribution in [3.8, 4) is 0 Å². The van der Waals surface area contributed by atoms with Crippen LogP contribution in [0.4, 0.5) is 0 Å². The molecule has 4 heteroatoms. The standard InChI is InChI=1S/Cr.Fe.2O. The second-order valence-electron chi connectivity index (χ2n) is 0. The molecule has 0 bridgehead atoms. The fraction of sp³-hybridized carbons (Fsp3) is 0. The van der Waals surface area contributed by atoms with Crippen molar-refractivity contribution in [2.45, 2.75) is 0 Å². The van der Waals surface area contributed by atoms with Crippen LogP contribution >= 0.6 is 0 Å². The number of hydrogen-bond donors (Lipinski definition) is 0. The molecule has 0 amide bonds. The summed E-state index contributed by atoms with van der Waals surface area (Å²) in [5.41, 5.74) is 0. The average Bonchev–Trinajstić information content (AvgIpc) is 1.50. The molecule has 0 aromatic rings.